The van der Waals surface area contributed by atoms with Crippen molar-refractivity contribution in [2.45, 2.75) is 32.2 Å². The highest BCUT2D eigenvalue weighted by molar-refractivity contribution is 6.06. The molecule has 2 aromatic carbocycles. The number of carbonyl (C=O) groups excluding carboxylic acids is 2. The molecule has 0 fully saturated rings. The average Bonchev–Trinajstić information content (AvgIpc) is 2.76. The van der Waals surface area contributed by atoms with E-state index < -0.39 is 23.8 Å². The van der Waals surface area contributed by atoms with Crippen LogP contribution in [0.15, 0.2) is 60.3 Å². The van der Waals surface area contributed by atoms with Crippen molar-refractivity contribution in [1.82, 2.24) is 10.6 Å². The molecule has 1 atom stereocenters. The van der Waals surface area contributed by atoms with Gasteiger partial charge in [0.05, 0.1) is 7.11 Å². The van der Waals surface area contributed by atoms with E-state index in [1.54, 1.807) is 48.5 Å². The Morgan fingerprint density at radius 3 is 2.30 bits per heavy atom. The van der Waals surface area contributed by atoms with Crippen molar-refractivity contribution in [1.29, 1.82) is 0 Å². The van der Waals surface area contributed by atoms with Gasteiger partial charge in [0, 0.05) is 5.56 Å². The zero-order valence-corrected chi connectivity index (χ0v) is 17.1. The number of carbonyl (C=O) groups is 3. The Morgan fingerprint density at radius 2 is 1.73 bits per heavy atom. The molecule has 7 nitrogen and oxygen atoms in total. The van der Waals surface area contributed by atoms with Crippen molar-refractivity contribution < 1.29 is 24.2 Å². The number of nitrogens with one attached hydrogen (secondary N) is 2. The van der Waals surface area contributed by atoms with Crippen LogP contribution in [-0.4, -0.2) is 36.0 Å². The Kier molecular flexibility index (Phi) is 8.62. The minimum atomic E-state index is -1.11. The molecule has 2 aromatic rings. The number of rotatable bonds is 10. The Bertz CT molecular complexity index is 892. The van der Waals surface area contributed by atoms with Crippen LogP contribution in [0.1, 0.15) is 42.1 Å². The lowest BCUT2D eigenvalue weighted by atomic mass is 10.1. The van der Waals surface area contributed by atoms with Crippen LogP contribution in [0.5, 0.6) is 5.75 Å². The lowest BCUT2D eigenvalue weighted by Gasteiger charge is -2.16. The maximum Gasteiger partial charge on any atom is 0.326 e. The number of carboxylic acids is 1. The fourth-order valence-electron chi connectivity index (χ4n) is 2.71. The molecule has 0 aliphatic carbocycles. The topological polar surface area (TPSA) is 105 Å². The highest BCUT2D eigenvalue weighted by atomic mass is 16.5. The number of benzene rings is 2. The molecule has 0 aliphatic rings. The molecular weight excluding hydrogens is 384 g/mol. The first-order valence-electron chi connectivity index (χ1n) is 9.70. The van der Waals surface area contributed by atoms with E-state index in [4.69, 9.17) is 4.74 Å². The summed E-state index contributed by atoms with van der Waals surface area (Å²) in [5, 5.41) is 14.5. The minimum Gasteiger partial charge on any atom is -0.497 e. The second-order valence-electron chi connectivity index (χ2n) is 6.66. The van der Waals surface area contributed by atoms with E-state index >= 15 is 0 Å². The summed E-state index contributed by atoms with van der Waals surface area (Å²) in [5.74, 6) is -1.67. The van der Waals surface area contributed by atoms with Crippen LogP contribution in [0.25, 0.3) is 6.08 Å². The molecule has 3 N–H and O–H groups in total. The molecule has 0 aromatic heterocycles. The van der Waals surface area contributed by atoms with Gasteiger partial charge < -0.3 is 20.5 Å². The molecule has 0 spiro atoms. The monoisotopic (exact) mass is 410 g/mol. The van der Waals surface area contributed by atoms with E-state index in [1.165, 1.54) is 13.2 Å². The Hall–Kier alpha value is -3.61. The van der Waals surface area contributed by atoms with E-state index in [0.29, 0.717) is 29.7 Å². The fourth-order valence-corrected chi connectivity index (χ4v) is 2.71. The molecule has 0 saturated carbocycles. The van der Waals surface area contributed by atoms with Gasteiger partial charge in [0.2, 0.25) is 0 Å². The number of unbranched alkanes of at least 4 members (excludes halogenated alkanes) is 1. The van der Waals surface area contributed by atoms with E-state index in [2.05, 4.69) is 10.6 Å². The standard InChI is InChI=1S/C23H26N2O5/c1-3-4-10-19(23(28)29)24-22(27)20(15-16-8-6-5-7-9-16)25-21(26)17-11-13-18(30-2)14-12-17/h5-9,11-15,19H,3-4,10H2,1-2H3,(H,24,27)(H,25,26)(H,28,29)/b20-15+. The van der Waals surface area contributed by atoms with E-state index in [9.17, 15) is 19.5 Å². The maximum absolute atomic E-state index is 12.8. The largest absolute Gasteiger partial charge is 0.497 e. The van der Waals surface area contributed by atoms with Crippen molar-refractivity contribution in [2.24, 2.45) is 0 Å². The van der Waals surface area contributed by atoms with E-state index in [-0.39, 0.29) is 5.70 Å². The summed E-state index contributed by atoms with van der Waals surface area (Å²) in [6, 6.07) is 14.4. The molecule has 1 unspecified atom stereocenters. The number of hydrogen-bond acceptors (Lipinski definition) is 4. The first-order valence-corrected chi connectivity index (χ1v) is 9.70. The molecule has 2 rings (SSSR count). The van der Waals surface area contributed by atoms with Gasteiger partial charge in [-0.3, -0.25) is 9.59 Å². The lowest BCUT2D eigenvalue weighted by Crippen LogP contribution is -2.44. The highest BCUT2D eigenvalue weighted by Gasteiger charge is 2.22. The molecule has 0 heterocycles. The van der Waals surface area contributed by atoms with Crippen LogP contribution >= 0.6 is 0 Å². The summed E-state index contributed by atoms with van der Waals surface area (Å²) in [5.41, 5.74) is 0.992. The van der Waals surface area contributed by atoms with Gasteiger partial charge in [-0.15, -0.1) is 0 Å². The Morgan fingerprint density at radius 1 is 1.07 bits per heavy atom. The van der Waals surface area contributed by atoms with Gasteiger partial charge >= 0.3 is 5.97 Å². The first kappa shape index (κ1) is 22.7. The van der Waals surface area contributed by atoms with Crippen molar-refractivity contribution in [3.05, 3.63) is 71.4 Å². The van der Waals surface area contributed by atoms with Crippen LogP contribution in [-0.2, 0) is 9.59 Å². The van der Waals surface area contributed by atoms with E-state index in [0.717, 1.165) is 6.42 Å². The molecule has 2 amide bonds. The van der Waals surface area contributed by atoms with Gasteiger partial charge in [0.15, 0.2) is 0 Å². The SMILES string of the molecule is CCCCC(NC(=O)/C(=C\c1ccccc1)NC(=O)c1ccc(OC)cc1)C(=O)O. The Labute approximate surface area is 175 Å². The minimum absolute atomic E-state index is 0.0373. The summed E-state index contributed by atoms with van der Waals surface area (Å²) in [7, 11) is 1.53. The second-order valence-corrected chi connectivity index (χ2v) is 6.66. The number of ether oxygens (including phenoxy) is 1. The van der Waals surface area contributed by atoms with Crippen molar-refractivity contribution in [3.63, 3.8) is 0 Å². The van der Waals surface area contributed by atoms with Gasteiger partial charge in [-0.25, -0.2) is 4.79 Å². The van der Waals surface area contributed by atoms with Gasteiger partial charge in [0.25, 0.3) is 11.8 Å². The zero-order chi connectivity index (χ0) is 21.9. The molecular formula is C23H26N2O5. The Balaban J connectivity index is 2.25. The number of methoxy groups -OCH3 is 1. The summed E-state index contributed by atoms with van der Waals surface area (Å²) in [6.07, 6.45) is 3.28. The maximum atomic E-state index is 12.8. The summed E-state index contributed by atoms with van der Waals surface area (Å²) in [6.45, 7) is 1.94. The summed E-state index contributed by atoms with van der Waals surface area (Å²) in [4.78, 5) is 37.0. The number of hydrogen-bond donors (Lipinski definition) is 3. The van der Waals surface area contributed by atoms with E-state index in [1.807, 2.05) is 13.0 Å². The lowest BCUT2D eigenvalue weighted by molar-refractivity contribution is -0.141. The quantitative estimate of drug-likeness (QED) is 0.522. The number of carboxylic acid groups (broad SMARTS) is 1. The predicted octanol–water partition coefficient (Wildman–Crippen LogP) is 3.23. The third kappa shape index (κ3) is 6.77. The van der Waals surface area contributed by atoms with Crippen molar-refractivity contribution >= 4 is 23.9 Å². The van der Waals surface area contributed by atoms with Gasteiger partial charge in [-0.1, -0.05) is 50.1 Å². The van der Waals surface area contributed by atoms with Crippen LogP contribution in [0.3, 0.4) is 0 Å². The molecule has 158 valence electrons. The van der Waals surface area contributed by atoms with Crippen LogP contribution in [0.4, 0.5) is 0 Å². The van der Waals surface area contributed by atoms with Crippen molar-refractivity contribution in [3.8, 4) is 5.75 Å². The summed E-state index contributed by atoms with van der Waals surface area (Å²) < 4.78 is 5.08. The zero-order valence-electron chi connectivity index (χ0n) is 17.1. The smallest absolute Gasteiger partial charge is 0.326 e. The first-order chi connectivity index (χ1) is 14.4. The normalized spacial score (nSPS) is 12.0. The van der Waals surface area contributed by atoms with Crippen LogP contribution in [0, 0.1) is 0 Å². The second kappa shape index (κ2) is 11.4. The van der Waals surface area contributed by atoms with Crippen LogP contribution < -0.4 is 15.4 Å². The van der Waals surface area contributed by atoms with Crippen molar-refractivity contribution in [2.75, 3.05) is 7.11 Å². The molecule has 7 heteroatoms. The number of amides is 2. The van der Waals surface area contributed by atoms with Gasteiger partial charge in [-0.05, 0) is 42.3 Å². The highest BCUT2D eigenvalue weighted by Crippen LogP contribution is 2.13. The molecule has 30 heavy (non-hydrogen) atoms. The van der Waals surface area contributed by atoms with Crippen LogP contribution in [0.2, 0.25) is 0 Å². The molecule has 0 aliphatic heterocycles. The fraction of sp³-hybridized carbons (Fsp3) is 0.261. The molecule has 0 saturated heterocycles. The van der Waals surface area contributed by atoms with Gasteiger partial charge in [0.1, 0.15) is 17.5 Å². The third-order valence-corrected chi connectivity index (χ3v) is 4.41. The average molecular weight is 410 g/mol. The van der Waals surface area contributed by atoms with Gasteiger partial charge in [-0.2, -0.15) is 0 Å². The third-order valence-electron chi connectivity index (χ3n) is 4.41. The molecule has 0 radical (unpaired) electrons. The predicted molar refractivity (Wildman–Crippen MR) is 114 cm³/mol. The molecule has 0 bridgehead atoms. The number of aliphatic carboxylic acids is 1. The summed E-state index contributed by atoms with van der Waals surface area (Å²) >= 11 is 0.